The first-order valence-corrected chi connectivity index (χ1v) is 8.08. The lowest BCUT2D eigenvalue weighted by Gasteiger charge is -2.07. The molecule has 0 aliphatic rings. The minimum atomic E-state index is 0.143. The Bertz CT molecular complexity index is 1060. The highest BCUT2D eigenvalue weighted by molar-refractivity contribution is 9.10. The lowest BCUT2D eigenvalue weighted by atomic mass is 10.1. The molecule has 3 aromatic heterocycles. The Morgan fingerprint density at radius 3 is 2.75 bits per heavy atom. The van der Waals surface area contributed by atoms with Crippen molar-refractivity contribution in [2.45, 2.75) is 0 Å². The van der Waals surface area contributed by atoms with Crippen molar-refractivity contribution in [3.8, 4) is 22.5 Å². The molecular weight excluding hydrogens is 368 g/mol. The van der Waals surface area contributed by atoms with Crippen molar-refractivity contribution < 1.29 is 0 Å². The van der Waals surface area contributed by atoms with Gasteiger partial charge >= 0.3 is 0 Å². The van der Waals surface area contributed by atoms with Gasteiger partial charge in [0.1, 0.15) is 11.4 Å². The maximum absolute atomic E-state index is 5.81. The third-order valence-corrected chi connectivity index (χ3v) is 4.27. The van der Waals surface area contributed by atoms with Crippen LogP contribution in [0.25, 0.3) is 33.4 Å². The zero-order valence-corrected chi connectivity index (χ0v) is 14.4. The predicted octanol–water partition coefficient (Wildman–Crippen LogP) is 3.44. The molecule has 6 nitrogen and oxygen atoms in total. The van der Waals surface area contributed by atoms with Crippen molar-refractivity contribution in [2.75, 3.05) is 5.73 Å². The van der Waals surface area contributed by atoms with E-state index in [-0.39, 0.29) is 5.95 Å². The molecule has 0 bridgehead atoms. The quantitative estimate of drug-likeness (QED) is 0.575. The first kappa shape index (κ1) is 14.8. The van der Waals surface area contributed by atoms with Crippen LogP contribution in [0.5, 0.6) is 0 Å². The summed E-state index contributed by atoms with van der Waals surface area (Å²) >= 11 is 3.44. The zero-order valence-electron chi connectivity index (χ0n) is 12.8. The second-order valence-electron chi connectivity index (χ2n) is 5.43. The number of aryl methyl sites for hydroxylation is 1. The van der Waals surface area contributed by atoms with Crippen molar-refractivity contribution in [3.63, 3.8) is 0 Å². The van der Waals surface area contributed by atoms with E-state index in [9.17, 15) is 0 Å². The summed E-state index contributed by atoms with van der Waals surface area (Å²) in [5.41, 5.74) is 10.1. The summed E-state index contributed by atoms with van der Waals surface area (Å²) in [4.78, 5) is 8.67. The molecule has 4 rings (SSSR count). The molecule has 0 unspecified atom stereocenters. The highest BCUT2D eigenvalue weighted by Gasteiger charge is 2.17. The summed E-state index contributed by atoms with van der Waals surface area (Å²) in [6, 6.07) is 10.1. The lowest BCUT2D eigenvalue weighted by molar-refractivity contribution is 0.965. The Balaban J connectivity index is 2.02. The first-order chi connectivity index (χ1) is 11.6. The lowest BCUT2D eigenvalue weighted by Crippen LogP contribution is -2.02. The van der Waals surface area contributed by atoms with Crippen molar-refractivity contribution in [2.24, 2.45) is 7.05 Å². The minimum Gasteiger partial charge on any atom is -0.366 e. The third-order valence-electron chi connectivity index (χ3n) is 3.83. The van der Waals surface area contributed by atoms with Crippen LogP contribution in [-0.2, 0) is 7.05 Å². The number of nitrogens with zero attached hydrogens (tertiary/aromatic N) is 5. The summed E-state index contributed by atoms with van der Waals surface area (Å²) in [7, 11) is 2.00. The number of anilines is 1. The summed E-state index contributed by atoms with van der Waals surface area (Å²) in [6.45, 7) is 0. The summed E-state index contributed by atoms with van der Waals surface area (Å²) in [5.74, 6) is 0.143. The SMILES string of the molecule is Cn1cc(-c2nc(N)nnc2-c2cncc(Br)c2)c2ccccc21. The van der Waals surface area contributed by atoms with Crippen LogP contribution < -0.4 is 5.73 Å². The van der Waals surface area contributed by atoms with Gasteiger partial charge in [-0.05, 0) is 28.1 Å². The number of hydrogen-bond acceptors (Lipinski definition) is 5. The molecule has 4 aromatic rings. The van der Waals surface area contributed by atoms with Gasteiger partial charge in [-0.25, -0.2) is 4.98 Å². The number of halogens is 1. The van der Waals surface area contributed by atoms with Gasteiger partial charge < -0.3 is 10.3 Å². The number of nitrogens with two attached hydrogens (primary N) is 1. The van der Waals surface area contributed by atoms with Gasteiger partial charge in [-0.3, -0.25) is 4.98 Å². The van der Waals surface area contributed by atoms with Crippen molar-refractivity contribution in [1.82, 2.24) is 24.7 Å². The van der Waals surface area contributed by atoms with E-state index in [4.69, 9.17) is 5.73 Å². The molecule has 0 atom stereocenters. The number of aromatic nitrogens is 5. The molecule has 3 heterocycles. The average Bonchev–Trinajstić information content (AvgIpc) is 2.92. The topological polar surface area (TPSA) is 82.5 Å². The molecule has 2 N–H and O–H groups in total. The van der Waals surface area contributed by atoms with Gasteiger partial charge in [-0.15, -0.1) is 10.2 Å². The van der Waals surface area contributed by atoms with E-state index in [0.29, 0.717) is 11.4 Å². The van der Waals surface area contributed by atoms with Gasteiger partial charge in [0.15, 0.2) is 0 Å². The Labute approximate surface area is 146 Å². The standard InChI is InChI=1S/C17H13BrN6/c1-24-9-13(12-4-2-3-5-14(12)24)16-15(22-23-17(19)21-16)10-6-11(18)8-20-7-10/h2-9H,1H3,(H2,19,21,23). The first-order valence-electron chi connectivity index (χ1n) is 7.29. The van der Waals surface area contributed by atoms with Crippen LogP contribution in [0.15, 0.2) is 53.4 Å². The number of pyridine rings is 1. The molecular formula is C17H13BrN6. The van der Waals surface area contributed by atoms with Crippen molar-refractivity contribution >= 4 is 32.8 Å². The van der Waals surface area contributed by atoms with Gasteiger partial charge in [0, 0.05) is 52.1 Å². The van der Waals surface area contributed by atoms with Gasteiger partial charge in [0.2, 0.25) is 5.95 Å². The van der Waals surface area contributed by atoms with Crippen molar-refractivity contribution in [3.05, 3.63) is 53.4 Å². The predicted molar refractivity (Wildman–Crippen MR) is 97.1 cm³/mol. The molecule has 0 saturated carbocycles. The average molecular weight is 381 g/mol. The molecule has 7 heteroatoms. The number of hydrogen-bond donors (Lipinski definition) is 1. The Kier molecular flexibility index (Phi) is 3.50. The fraction of sp³-hybridized carbons (Fsp3) is 0.0588. The molecule has 118 valence electrons. The van der Waals surface area contributed by atoms with Gasteiger partial charge in [-0.2, -0.15) is 0 Å². The fourth-order valence-electron chi connectivity index (χ4n) is 2.79. The summed E-state index contributed by atoms with van der Waals surface area (Å²) in [6.07, 6.45) is 5.49. The number of fused-ring (bicyclic) bond motifs is 1. The fourth-order valence-corrected chi connectivity index (χ4v) is 3.16. The smallest absolute Gasteiger partial charge is 0.240 e. The molecule has 24 heavy (non-hydrogen) atoms. The number of para-hydroxylation sites is 1. The number of rotatable bonds is 2. The molecule has 0 saturated heterocycles. The molecule has 0 amide bonds. The van der Waals surface area contributed by atoms with Crippen LogP contribution in [0.3, 0.4) is 0 Å². The molecule has 0 spiro atoms. The Morgan fingerprint density at radius 2 is 1.92 bits per heavy atom. The Morgan fingerprint density at radius 1 is 1.08 bits per heavy atom. The van der Waals surface area contributed by atoms with E-state index in [0.717, 1.165) is 26.5 Å². The normalized spacial score (nSPS) is 11.1. The van der Waals surface area contributed by atoms with E-state index < -0.39 is 0 Å². The van der Waals surface area contributed by atoms with Crippen molar-refractivity contribution in [1.29, 1.82) is 0 Å². The van der Waals surface area contributed by atoms with E-state index in [1.165, 1.54) is 0 Å². The zero-order chi connectivity index (χ0) is 16.7. The van der Waals surface area contributed by atoms with Crippen LogP contribution >= 0.6 is 15.9 Å². The van der Waals surface area contributed by atoms with Crippen LogP contribution in [0.1, 0.15) is 0 Å². The summed E-state index contributed by atoms with van der Waals surface area (Å²) in [5, 5.41) is 9.29. The Hall–Kier alpha value is -2.80. The summed E-state index contributed by atoms with van der Waals surface area (Å²) < 4.78 is 2.92. The highest BCUT2D eigenvalue weighted by atomic mass is 79.9. The minimum absolute atomic E-state index is 0.143. The second kappa shape index (κ2) is 5.68. The largest absolute Gasteiger partial charge is 0.366 e. The molecule has 1 aromatic carbocycles. The molecule has 0 radical (unpaired) electrons. The van der Waals surface area contributed by atoms with Crippen LogP contribution in [-0.4, -0.2) is 24.7 Å². The molecule has 0 fully saturated rings. The van der Waals surface area contributed by atoms with Crippen LogP contribution in [0, 0.1) is 0 Å². The maximum Gasteiger partial charge on any atom is 0.240 e. The maximum atomic E-state index is 5.81. The van der Waals surface area contributed by atoms with E-state index in [1.807, 2.05) is 31.4 Å². The molecule has 0 aliphatic carbocycles. The van der Waals surface area contributed by atoms with E-state index >= 15 is 0 Å². The van der Waals surface area contributed by atoms with Crippen LogP contribution in [0.2, 0.25) is 0 Å². The van der Waals surface area contributed by atoms with E-state index in [1.54, 1.807) is 12.4 Å². The van der Waals surface area contributed by atoms with Gasteiger partial charge in [-0.1, -0.05) is 18.2 Å². The monoisotopic (exact) mass is 380 g/mol. The number of nitrogen functional groups attached to an aromatic ring is 1. The molecule has 0 aliphatic heterocycles. The van der Waals surface area contributed by atoms with Gasteiger partial charge in [0.25, 0.3) is 0 Å². The number of benzene rings is 1. The van der Waals surface area contributed by atoms with Crippen LogP contribution in [0.4, 0.5) is 5.95 Å². The van der Waals surface area contributed by atoms with E-state index in [2.05, 4.69) is 52.8 Å². The second-order valence-corrected chi connectivity index (χ2v) is 6.35. The third kappa shape index (κ3) is 2.43. The highest BCUT2D eigenvalue weighted by Crippen LogP contribution is 2.34. The van der Waals surface area contributed by atoms with Gasteiger partial charge in [0.05, 0.1) is 0 Å².